The number of aliphatic hydroxyl groups excluding tert-OH is 1. The summed E-state index contributed by atoms with van der Waals surface area (Å²) in [5, 5.41) is 9.38. The maximum Gasteiger partial charge on any atom is 0.253 e. The molecule has 0 aromatic heterocycles. The maximum absolute atomic E-state index is 12.0. The van der Waals surface area contributed by atoms with E-state index >= 15 is 0 Å². The first kappa shape index (κ1) is 11.4. The number of carbonyl (C=O) groups is 1. The number of amides is 1. The summed E-state index contributed by atoms with van der Waals surface area (Å²) in [6.07, 6.45) is 0.293. The first-order valence-electron chi connectivity index (χ1n) is 5.33. The lowest BCUT2D eigenvalue weighted by Gasteiger charge is -2.15. The molecule has 0 radical (unpaired) electrons. The number of alkyl halides is 1. The van der Waals surface area contributed by atoms with E-state index in [9.17, 15) is 9.90 Å². The van der Waals surface area contributed by atoms with Crippen LogP contribution in [0.2, 0.25) is 0 Å². The molecule has 0 bridgehead atoms. The number of rotatable bonds is 2. The highest BCUT2D eigenvalue weighted by Gasteiger charge is 2.25. The van der Waals surface area contributed by atoms with Gasteiger partial charge in [-0.15, -0.1) is 11.6 Å². The van der Waals surface area contributed by atoms with E-state index in [2.05, 4.69) is 0 Å². The Morgan fingerprint density at radius 3 is 3.00 bits per heavy atom. The molecule has 16 heavy (non-hydrogen) atoms. The molecule has 0 spiro atoms. The van der Waals surface area contributed by atoms with Crippen molar-refractivity contribution in [2.75, 3.05) is 13.1 Å². The molecule has 1 aliphatic rings. The van der Waals surface area contributed by atoms with Gasteiger partial charge in [0.15, 0.2) is 0 Å². The molecule has 0 unspecified atom stereocenters. The van der Waals surface area contributed by atoms with E-state index in [4.69, 9.17) is 11.6 Å². The highest BCUT2D eigenvalue weighted by atomic mass is 35.5. The fraction of sp³-hybridized carbons (Fsp3) is 0.417. The number of hydrogen-bond donors (Lipinski definition) is 1. The quantitative estimate of drug-likeness (QED) is 0.797. The zero-order chi connectivity index (χ0) is 11.5. The van der Waals surface area contributed by atoms with Crippen molar-refractivity contribution in [2.45, 2.75) is 18.4 Å². The Balaban J connectivity index is 2.14. The first-order chi connectivity index (χ1) is 7.70. The number of carbonyl (C=O) groups excluding carboxylic acids is 1. The van der Waals surface area contributed by atoms with Crippen LogP contribution in [-0.2, 0) is 5.88 Å². The fourth-order valence-corrected chi connectivity index (χ4v) is 2.06. The van der Waals surface area contributed by atoms with Crippen LogP contribution in [0.3, 0.4) is 0 Å². The Labute approximate surface area is 99.6 Å². The molecule has 1 saturated heterocycles. The lowest BCUT2D eigenvalue weighted by molar-refractivity contribution is 0.0765. The lowest BCUT2D eigenvalue weighted by atomic mass is 10.1. The molecule has 0 aliphatic carbocycles. The van der Waals surface area contributed by atoms with Crippen LogP contribution in [0.1, 0.15) is 22.3 Å². The van der Waals surface area contributed by atoms with Crippen LogP contribution >= 0.6 is 11.6 Å². The third-order valence-electron chi connectivity index (χ3n) is 2.78. The van der Waals surface area contributed by atoms with Gasteiger partial charge in [-0.1, -0.05) is 12.1 Å². The number of hydrogen-bond acceptors (Lipinski definition) is 2. The second-order valence-electron chi connectivity index (χ2n) is 4.03. The molecule has 1 atom stereocenters. The number of likely N-dealkylation sites (tertiary alicyclic amines) is 1. The third-order valence-corrected chi connectivity index (χ3v) is 3.09. The van der Waals surface area contributed by atoms with Gasteiger partial charge in [-0.3, -0.25) is 4.79 Å². The predicted octanol–water partition coefficient (Wildman–Crippen LogP) is 1.63. The Morgan fingerprint density at radius 1 is 1.56 bits per heavy atom. The molecule has 0 saturated carbocycles. The molecule has 1 fully saturated rings. The molecular weight excluding hydrogens is 226 g/mol. The van der Waals surface area contributed by atoms with Gasteiger partial charge in [0.2, 0.25) is 0 Å². The number of β-amino-alcohol motifs (C(OH)–C–C–N with tert-alkyl or cyclic N) is 1. The zero-order valence-electron chi connectivity index (χ0n) is 8.90. The van der Waals surface area contributed by atoms with Crippen LogP contribution < -0.4 is 0 Å². The van der Waals surface area contributed by atoms with Gasteiger partial charge in [0.25, 0.3) is 5.91 Å². The normalized spacial score (nSPS) is 20.1. The second-order valence-corrected chi connectivity index (χ2v) is 4.29. The Morgan fingerprint density at radius 2 is 2.38 bits per heavy atom. The van der Waals surface area contributed by atoms with Crippen LogP contribution in [0.15, 0.2) is 24.3 Å². The minimum Gasteiger partial charge on any atom is -0.391 e. The molecule has 3 nitrogen and oxygen atoms in total. The van der Waals surface area contributed by atoms with Crippen molar-refractivity contribution in [2.24, 2.45) is 0 Å². The van der Waals surface area contributed by atoms with E-state index < -0.39 is 0 Å². The summed E-state index contributed by atoms with van der Waals surface area (Å²) in [6, 6.07) is 7.31. The van der Waals surface area contributed by atoms with Crippen LogP contribution in [0, 0.1) is 0 Å². The van der Waals surface area contributed by atoms with Crippen LogP contribution in [0.25, 0.3) is 0 Å². The lowest BCUT2D eigenvalue weighted by Crippen LogP contribution is -2.29. The van der Waals surface area contributed by atoms with Gasteiger partial charge in [-0.05, 0) is 24.1 Å². The average Bonchev–Trinajstić information content (AvgIpc) is 2.75. The summed E-state index contributed by atoms with van der Waals surface area (Å²) in [5.41, 5.74) is 1.58. The molecule has 86 valence electrons. The fourth-order valence-electron chi connectivity index (χ4n) is 1.90. The Bertz CT molecular complexity index is 394. The summed E-state index contributed by atoms with van der Waals surface area (Å²) in [7, 11) is 0. The standard InChI is InChI=1S/C12H14ClNO2/c13-7-9-2-1-3-10(6-9)12(16)14-5-4-11(15)8-14/h1-3,6,11,15H,4-5,7-8H2/t11-/m0/s1. The Kier molecular flexibility index (Phi) is 3.46. The predicted molar refractivity (Wildman–Crippen MR) is 62.5 cm³/mol. The Hall–Kier alpha value is -1.06. The maximum atomic E-state index is 12.0. The molecule has 1 aromatic carbocycles. The van der Waals surface area contributed by atoms with Crippen molar-refractivity contribution in [1.82, 2.24) is 4.90 Å². The third kappa shape index (κ3) is 2.36. The highest BCUT2D eigenvalue weighted by molar-refractivity contribution is 6.17. The van der Waals surface area contributed by atoms with Gasteiger partial charge < -0.3 is 10.0 Å². The van der Waals surface area contributed by atoms with Crippen molar-refractivity contribution in [3.63, 3.8) is 0 Å². The van der Waals surface area contributed by atoms with Crippen molar-refractivity contribution >= 4 is 17.5 Å². The SMILES string of the molecule is O=C(c1cccc(CCl)c1)N1CC[C@H](O)C1. The first-order valence-corrected chi connectivity index (χ1v) is 5.86. The van der Waals surface area contributed by atoms with E-state index in [1.54, 1.807) is 17.0 Å². The molecule has 1 heterocycles. The molecular formula is C12H14ClNO2. The van der Waals surface area contributed by atoms with Crippen molar-refractivity contribution < 1.29 is 9.90 Å². The smallest absolute Gasteiger partial charge is 0.253 e. The van der Waals surface area contributed by atoms with Gasteiger partial charge in [0.05, 0.1) is 6.10 Å². The molecule has 4 heteroatoms. The van der Waals surface area contributed by atoms with E-state index in [0.29, 0.717) is 31.0 Å². The summed E-state index contributed by atoms with van der Waals surface area (Å²) in [6.45, 7) is 1.06. The largest absolute Gasteiger partial charge is 0.391 e. The minimum atomic E-state index is -0.375. The van der Waals surface area contributed by atoms with Gasteiger partial charge in [-0.25, -0.2) is 0 Å². The van der Waals surface area contributed by atoms with Crippen LogP contribution in [0.4, 0.5) is 0 Å². The topological polar surface area (TPSA) is 40.5 Å². The van der Waals surface area contributed by atoms with Gasteiger partial charge in [0, 0.05) is 24.5 Å². The second kappa shape index (κ2) is 4.85. The van der Waals surface area contributed by atoms with Gasteiger partial charge in [-0.2, -0.15) is 0 Å². The van der Waals surface area contributed by atoms with Gasteiger partial charge >= 0.3 is 0 Å². The molecule has 1 N–H and O–H groups in total. The molecule has 1 amide bonds. The summed E-state index contributed by atoms with van der Waals surface area (Å²) < 4.78 is 0. The molecule has 2 rings (SSSR count). The van der Waals surface area contributed by atoms with E-state index in [1.165, 1.54) is 0 Å². The number of aliphatic hydroxyl groups is 1. The van der Waals surface area contributed by atoms with Crippen molar-refractivity contribution in [1.29, 1.82) is 0 Å². The van der Waals surface area contributed by atoms with E-state index in [-0.39, 0.29) is 12.0 Å². The summed E-state index contributed by atoms with van der Waals surface area (Å²) >= 11 is 5.72. The summed E-state index contributed by atoms with van der Waals surface area (Å²) in [5.74, 6) is 0.382. The monoisotopic (exact) mass is 239 g/mol. The number of halogens is 1. The minimum absolute atomic E-state index is 0.0245. The van der Waals surface area contributed by atoms with E-state index in [0.717, 1.165) is 5.56 Å². The average molecular weight is 240 g/mol. The van der Waals surface area contributed by atoms with Crippen molar-refractivity contribution in [3.05, 3.63) is 35.4 Å². The zero-order valence-corrected chi connectivity index (χ0v) is 9.65. The van der Waals surface area contributed by atoms with Crippen LogP contribution in [0.5, 0.6) is 0 Å². The number of benzene rings is 1. The highest BCUT2D eigenvalue weighted by Crippen LogP contribution is 2.15. The van der Waals surface area contributed by atoms with Crippen molar-refractivity contribution in [3.8, 4) is 0 Å². The van der Waals surface area contributed by atoms with E-state index in [1.807, 2.05) is 12.1 Å². The summed E-state index contributed by atoms with van der Waals surface area (Å²) in [4.78, 5) is 13.7. The number of nitrogens with zero attached hydrogens (tertiary/aromatic N) is 1. The molecule has 1 aromatic rings. The van der Waals surface area contributed by atoms with Gasteiger partial charge in [0.1, 0.15) is 0 Å². The molecule has 1 aliphatic heterocycles. The van der Waals surface area contributed by atoms with Crippen LogP contribution in [-0.4, -0.2) is 35.1 Å².